The van der Waals surface area contributed by atoms with Gasteiger partial charge in [-0.3, -0.25) is 9.48 Å². The normalized spacial score (nSPS) is 16.2. The second-order valence-corrected chi connectivity index (χ2v) is 4.05. The minimum Gasteiger partial charge on any atom is -0.292 e. The maximum Gasteiger partial charge on any atom is 0.184 e. The molecule has 80 valence electrons. The van der Waals surface area contributed by atoms with E-state index in [9.17, 15) is 4.79 Å². The third kappa shape index (κ3) is 2.35. The van der Waals surface area contributed by atoms with Gasteiger partial charge in [0.15, 0.2) is 5.78 Å². The number of Topliss-reactive ketones (excluding diaryl/α,β-unsaturated/α-hetero) is 1. The quantitative estimate of drug-likeness (QED) is 0.560. The Labute approximate surface area is 89.8 Å². The molecule has 1 aromatic rings. The van der Waals surface area contributed by atoms with Crippen molar-refractivity contribution in [2.75, 3.05) is 0 Å². The Hall–Kier alpha value is -1.38. The van der Waals surface area contributed by atoms with Crippen molar-refractivity contribution in [2.45, 2.75) is 32.1 Å². The van der Waals surface area contributed by atoms with Gasteiger partial charge in [-0.25, -0.2) is 0 Å². The van der Waals surface area contributed by atoms with Gasteiger partial charge in [0.25, 0.3) is 0 Å². The van der Waals surface area contributed by atoms with Crippen LogP contribution in [0.25, 0.3) is 0 Å². The third-order valence-corrected chi connectivity index (χ3v) is 2.88. The molecule has 15 heavy (non-hydrogen) atoms. The summed E-state index contributed by atoms with van der Waals surface area (Å²) in [5.41, 5.74) is 2.01. The molecule has 1 heterocycles. The Balaban J connectivity index is 2.04. The molecule has 0 N–H and O–H groups in total. The molecular weight excluding hydrogens is 188 g/mol. The summed E-state index contributed by atoms with van der Waals surface area (Å²) in [6, 6.07) is 1.78. The van der Waals surface area contributed by atoms with Gasteiger partial charge in [-0.2, -0.15) is 5.10 Å². The van der Waals surface area contributed by atoms with Crippen molar-refractivity contribution in [1.29, 1.82) is 0 Å². The number of hydrogen-bond acceptors (Lipinski definition) is 2. The van der Waals surface area contributed by atoms with Crippen LogP contribution in [0.15, 0.2) is 23.9 Å². The highest BCUT2D eigenvalue weighted by Gasteiger charge is 2.13. The summed E-state index contributed by atoms with van der Waals surface area (Å²) in [7, 11) is 1.81. The zero-order chi connectivity index (χ0) is 10.7. The Morgan fingerprint density at radius 1 is 1.53 bits per heavy atom. The molecule has 0 unspecified atom stereocenters. The molecule has 0 amide bonds. The van der Waals surface area contributed by atoms with Crippen LogP contribution in [0.2, 0.25) is 0 Å². The van der Waals surface area contributed by atoms with Gasteiger partial charge in [0.05, 0.1) is 0 Å². The molecule has 2 rings (SSSR count). The van der Waals surface area contributed by atoms with Crippen molar-refractivity contribution in [2.24, 2.45) is 7.05 Å². The molecule has 0 bridgehead atoms. The number of nitrogens with zero attached hydrogens (tertiary/aromatic N) is 2. The summed E-state index contributed by atoms with van der Waals surface area (Å²) in [6.45, 7) is 0. The van der Waals surface area contributed by atoms with Gasteiger partial charge in [-0.05, 0) is 31.7 Å². The maximum absolute atomic E-state index is 11.9. The van der Waals surface area contributed by atoms with E-state index in [4.69, 9.17) is 0 Å². The highest BCUT2D eigenvalue weighted by Crippen LogP contribution is 2.21. The molecular formula is C12H16N2O. The first-order valence-electron chi connectivity index (χ1n) is 5.46. The van der Waals surface area contributed by atoms with Crippen molar-refractivity contribution in [3.05, 3.63) is 29.6 Å². The number of ketones is 1. The first kappa shape index (κ1) is 10.1. The first-order chi connectivity index (χ1) is 7.27. The van der Waals surface area contributed by atoms with Crippen molar-refractivity contribution >= 4 is 5.78 Å². The van der Waals surface area contributed by atoms with Crippen molar-refractivity contribution in [3.8, 4) is 0 Å². The van der Waals surface area contributed by atoms with Gasteiger partial charge < -0.3 is 0 Å². The van der Waals surface area contributed by atoms with Gasteiger partial charge in [-0.1, -0.05) is 11.6 Å². The van der Waals surface area contributed by atoms with E-state index >= 15 is 0 Å². The Bertz CT molecular complexity index is 390. The molecule has 0 radical (unpaired) electrons. The molecule has 0 saturated carbocycles. The molecule has 0 aliphatic heterocycles. The Kier molecular flexibility index (Phi) is 2.99. The summed E-state index contributed by atoms with van der Waals surface area (Å²) in [6.07, 6.45) is 9.17. The molecule has 1 aliphatic carbocycles. The van der Waals surface area contributed by atoms with Crippen LogP contribution in [0.5, 0.6) is 0 Å². The first-order valence-corrected chi connectivity index (χ1v) is 5.46. The lowest BCUT2D eigenvalue weighted by Crippen LogP contribution is -2.08. The summed E-state index contributed by atoms with van der Waals surface area (Å²) < 4.78 is 1.64. The molecule has 3 heteroatoms. The van der Waals surface area contributed by atoms with Crippen LogP contribution in [-0.2, 0) is 7.05 Å². The van der Waals surface area contributed by atoms with Crippen LogP contribution in [0.3, 0.4) is 0 Å². The number of hydrogen-bond donors (Lipinski definition) is 0. The summed E-state index contributed by atoms with van der Waals surface area (Å²) in [5, 5.41) is 4.01. The maximum atomic E-state index is 11.9. The molecule has 0 saturated heterocycles. The fourth-order valence-corrected chi connectivity index (χ4v) is 2.01. The van der Waals surface area contributed by atoms with Crippen LogP contribution in [0.1, 0.15) is 42.6 Å². The minimum atomic E-state index is 0.183. The lowest BCUT2D eigenvalue weighted by molar-refractivity contribution is 0.0982. The van der Waals surface area contributed by atoms with Crippen LogP contribution in [0, 0.1) is 0 Å². The Morgan fingerprint density at radius 3 is 3.00 bits per heavy atom. The highest BCUT2D eigenvalue weighted by atomic mass is 16.1. The second-order valence-electron chi connectivity index (χ2n) is 4.05. The van der Waals surface area contributed by atoms with Gasteiger partial charge in [0, 0.05) is 19.7 Å². The van der Waals surface area contributed by atoms with E-state index in [0.717, 1.165) is 12.8 Å². The molecule has 3 nitrogen and oxygen atoms in total. The highest BCUT2D eigenvalue weighted by molar-refractivity contribution is 5.95. The number of aryl methyl sites for hydroxylation is 1. The van der Waals surface area contributed by atoms with Crippen molar-refractivity contribution < 1.29 is 4.79 Å². The third-order valence-electron chi connectivity index (χ3n) is 2.88. The number of aromatic nitrogens is 2. The molecule has 0 atom stereocenters. The number of carbonyl (C=O) groups is 1. The lowest BCUT2D eigenvalue weighted by atomic mass is 9.95. The van der Waals surface area contributed by atoms with Gasteiger partial charge in [0.1, 0.15) is 5.69 Å². The molecule has 1 aromatic heterocycles. The zero-order valence-corrected chi connectivity index (χ0v) is 9.07. The van der Waals surface area contributed by atoms with Crippen LogP contribution < -0.4 is 0 Å². The lowest BCUT2D eigenvalue weighted by Gasteiger charge is -2.11. The molecule has 0 fully saturated rings. The predicted molar refractivity (Wildman–Crippen MR) is 58.7 cm³/mol. The summed E-state index contributed by atoms with van der Waals surface area (Å²) in [4.78, 5) is 11.9. The van der Waals surface area contributed by atoms with E-state index in [0.29, 0.717) is 12.1 Å². The van der Waals surface area contributed by atoms with Gasteiger partial charge in [-0.15, -0.1) is 0 Å². The monoisotopic (exact) mass is 204 g/mol. The summed E-state index contributed by atoms with van der Waals surface area (Å²) >= 11 is 0. The fourth-order valence-electron chi connectivity index (χ4n) is 2.01. The molecule has 0 spiro atoms. The van der Waals surface area contributed by atoms with Crippen molar-refractivity contribution in [1.82, 2.24) is 9.78 Å². The van der Waals surface area contributed by atoms with E-state index in [1.807, 2.05) is 7.05 Å². The smallest absolute Gasteiger partial charge is 0.184 e. The largest absolute Gasteiger partial charge is 0.292 e. The van der Waals surface area contributed by atoms with Crippen LogP contribution >= 0.6 is 0 Å². The SMILES string of the molecule is Cn1nccc1C(=O)CC1=CCCCC1. The topological polar surface area (TPSA) is 34.9 Å². The number of carbonyl (C=O) groups excluding carboxylic acids is 1. The van der Waals surface area contributed by atoms with E-state index in [1.165, 1.54) is 18.4 Å². The number of allylic oxidation sites excluding steroid dienone is 2. The van der Waals surface area contributed by atoms with Crippen molar-refractivity contribution in [3.63, 3.8) is 0 Å². The fraction of sp³-hybridized carbons (Fsp3) is 0.500. The van der Waals surface area contributed by atoms with E-state index in [-0.39, 0.29) is 5.78 Å². The standard InChI is InChI=1S/C12H16N2O/c1-14-11(7-8-13-14)12(15)9-10-5-3-2-4-6-10/h5,7-8H,2-4,6,9H2,1H3. The minimum absolute atomic E-state index is 0.183. The van der Waals surface area contributed by atoms with Crippen LogP contribution in [0.4, 0.5) is 0 Å². The Morgan fingerprint density at radius 2 is 2.40 bits per heavy atom. The van der Waals surface area contributed by atoms with Gasteiger partial charge in [0.2, 0.25) is 0 Å². The van der Waals surface area contributed by atoms with Gasteiger partial charge >= 0.3 is 0 Å². The van der Waals surface area contributed by atoms with E-state index < -0.39 is 0 Å². The predicted octanol–water partition coefficient (Wildman–Crippen LogP) is 2.49. The molecule has 0 aromatic carbocycles. The average molecular weight is 204 g/mol. The van der Waals surface area contributed by atoms with E-state index in [2.05, 4.69) is 11.2 Å². The average Bonchev–Trinajstić information content (AvgIpc) is 2.66. The van der Waals surface area contributed by atoms with Crippen LogP contribution in [-0.4, -0.2) is 15.6 Å². The van der Waals surface area contributed by atoms with E-state index in [1.54, 1.807) is 16.9 Å². The number of rotatable bonds is 3. The second kappa shape index (κ2) is 4.43. The molecule has 1 aliphatic rings. The summed E-state index contributed by atoms with van der Waals surface area (Å²) in [5.74, 6) is 0.183. The zero-order valence-electron chi connectivity index (χ0n) is 9.07.